The molecule has 0 spiro atoms. The van der Waals surface area contributed by atoms with Gasteiger partial charge in [-0.3, -0.25) is 14.6 Å². The van der Waals surface area contributed by atoms with Gasteiger partial charge in [0.2, 0.25) is 0 Å². The van der Waals surface area contributed by atoms with Gasteiger partial charge in [-0.05, 0) is 63.1 Å². The lowest BCUT2D eigenvalue weighted by Crippen LogP contribution is -2.38. The van der Waals surface area contributed by atoms with Crippen molar-refractivity contribution in [3.05, 3.63) is 35.4 Å². The highest BCUT2D eigenvalue weighted by Crippen LogP contribution is 2.19. The largest absolute Gasteiger partial charge is 0.337 e. The topological polar surface area (TPSA) is 26.8 Å². The van der Waals surface area contributed by atoms with Crippen LogP contribution in [-0.2, 0) is 6.54 Å². The molecule has 4 nitrogen and oxygen atoms in total. The maximum atomic E-state index is 12.8. The van der Waals surface area contributed by atoms with Crippen molar-refractivity contribution in [1.82, 2.24) is 14.7 Å². The van der Waals surface area contributed by atoms with E-state index in [1.165, 1.54) is 37.9 Å². The van der Waals surface area contributed by atoms with E-state index >= 15 is 0 Å². The van der Waals surface area contributed by atoms with Crippen LogP contribution < -0.4 is 0 Å². The minimum Gasteiger partial charge on any atom is -0.337 e. The first-order valence-corrected chi connectivity index (χ1v) is 10.1. The molecular weight excluding hydrogens is 310 g/mol. The van der Waals surface area contributed by atoms with Crippen molar-refractivity contribution in [2.45, 2.75) is 52.1 Å². The summed E-state index contributed by atoms with van der Waals surface area (Å²) in [7, 11) is 0. The van der Waals surface area contributed by atoms with Crippen molar-refractivity contribution in [3.63, 3.8) is 0 Å². The smallest absolute Gasteiger partial charge is 0.253 e. The molecule has 0 aliphatic carbocycles. The van der Waals surface area contributed by atoms with Gasteiger partial charge in [0.25, 0.3) is 5.91 Å². The van der Waals surface area contributed by atoms with Gasteiger partial charge in [-0.25, -0.2) is 0 Å². The first kappa shape index (κ1) is 18.4. The summed E-state index contributed by atoms with van der Waals surface area (Å²) in [5.41, 5.74) is 2.16. The Morgan fingerprint density at radius 1 is 1.04 bits per heavy atom. The molecule has 2 aliphatic heterocycles. The third kappa shape index (κ3) is 4.62. The highest BCUT2D eigenvalue weighted by Gasteiger charge is 2.29. The van der Waals surface area contributed by atoms with Gasteiger partial charge in [-0.2, -0.15) is 0 Å². The van der Waals surface area contributed by atoms with E-state index in [0.29, 0.717) is 6.04 Å². The zero-order chi connectivity index (χ0) is 17.6. The van der Waals surface area contributed by atoms with Crippen molar-refractivity contribution in [2.75, 3.05) is 39.3 Å². The number of benzene rings is 1. The Morgan fingerprint density at radius 2 is 1.72 bits per heavy atom. The molecule has 2 saturated heterocycles. The van der Waals surface area contributed by atoms with E-state index in [1.54, 1.807) is 0 Å². The standard InChI is InChI=1S/C21H33N3O/c1-3-23(4-2)20-12-15-24(17-20)21(25)19-10-8-18(9-11-19)16-22-13-6-5-7-14-22/h8-11,20H,3-7,12-17H2,1-2H3. The second kappa shape index (κ2) is 8.81. The van der Waals surface area contributed by atoms with Gasteiger partial charge in [0.05, 0.1) is 0 Å². The Kier molecular flexibility index (Phi) is 6.49. The van der Waals surface area contributed by atoms with Crippen molar-refractivity contribution in [2.24, 2.45) is 0 Å². The third-order valence-corrected chi connectivity index (χ3v) is 5.84. The molecule has 2 heterocycles. The van der Waals surface area contributed by atoms with E-state index in [4.69, 9.17) is 0 Å². The third-order valence-electron chi connectivity index (χ3n) is 5.84. The molecule has 0 bridgehead atoms. The Morgan fingerprint density at radius 3 is 2.36 bits per heavy atom. The summed E-state index contributed by atoms with van der Waals surface area (Å²) in [6, 6.07) is 8.84. The zero-order valence-corrected chi connectivity index (χ0v) is 15.9. The average Bonchev–Trinajstić information content (AvgIpc) is 3.14. The Labute approximate surface area is 152 Å². The molecule has 0 aromatic heterocycles. The predicted octanol–water partition coefficient (Wildman–Crippen LogP) is 3.23. The molecule has 1 aromatic rings. The normalized spacial score (nSPS) is 21.9. The van der Waals surface area contributed by atoms with Crippen LogP contribution in [0.1, 0.15) is 55.5 Å². The number of amides is 1. The number of carbonyl (C=O) groups is 1. The van der Waals surface area contributed by atoms with Crippen molar-refractivity contribution < 1.29 is 4.79 Å². The summed E-state index contributed by atoms with van der Waals surface area (Å²) in [6.07, 6.45) is 5.10. The quantitative estimate of drug-likeness (QED) is 0.793. The number of rotatable bonds is 6. The Balaban J connectivity index is 1.55. The molecule has 4 heteroatoms. The number of nitrogens with zero attached hydrogens (tertiary/aromatic N) is 3. The van der Waals surface area contributed by atoms with Gasteiger partial charge >= 0.3 is 0 Å². The van der Waals surface area contributed by atoms with Crippen molar-refractivity contribution in [1.29, 1.82) is 0 Å². The van der Waals surface area contributed by atoms with E-state index < -0.39 is 0 Å². The van der Waals surface area contributed by atoms with Crippen LogP contribution >= 0.6 is 0 Å². The number of hydrogen-bond donors (Lipinski definition) is 0. The van der Waals surface area contributed by atoms with Crippen LogP contribution in [-0.4, -0.2) is 65.9 Å². The fourth-order valence-electron chi connectivity index (χ4n) is 4.28. The molecule has 3 rings (SSSR count). The second-order valence-corrected chi connectivity index (χ2v) is 7.45. The van der Waals surface area contributed by atoms with Crippen LogP contribution in [0.2, 0.25) is 0 Å². The number of carbonyl (C=O) groups excluding carboxylic acids is 1. The summed E-state index contributed by atoms with van der Waals surface area (Å²) in [5, 5.41) is 0. The van der Waals surface area contributed by atoms with E-state index in [2.05, 4.69) is 35.8 Å². The molecule has 2 fully saturated rings. The monoisotopic (exact) mass is 343 g/mol. The van der Waals surface area contributed by atoms with Gasteiger partial charge in [-0.1, -0.05) is 32.4 Å². The van der Waals surface area contributed by atoms with Crippen LogP contribution in [0.4, 0.5) is 0 Å². The Hall–Kier alpha value is -1.39. The molecule has 1 amide bonds. The van der Waals surface area contributed by atoms with Crippen LogP contribution in [0.15, 0.2) is 24.3 Å². The number of likely N-dealkylation sites (tertiary alicyclic amines) is 2. The SMILES string of the molecule is CCN(CC)C1CCN(C(=O)c2ccc(CN3CCCCC3)cc2)C1. The molecule has 0 radical (unpaired) electrons. The van der Waals surface area contributed by atoms with Gasteiger partial charge in [-0.15, -0.1) is 0 Å². The number of piperidine rings is 1. The van der Waals surface area contributed by atoms with E-state index in [9.17, 15) is 4.79 Å². The maximum Gasteiger partial charge on any atom is 0.253 e. The van der Waals surface area contributed by atoms with Crippen LogP contribution in [0.5, 0.6) is 0 Å². The molecule has 0 saturated carbocycles. The van der Waals surface area contributed by atoms with Crippen molar-refractivity contribution in [3.8, 4) is 0 Å². The van der Waals surface area contributed by atoms with Crippen LogP contribution in [0.3, 0.4) is 0 Å². The first-order chi connectivity index (χ1) is 12.2. The molecular formula is C21H33N3O. The number of hydrogen-bond acceptors (Lipinski definition) is 3. The second-order valence-electron chi connectivity index (χ2n) is 7.45. The molecule has 1 atom stereocenters. The lowest BCUT2D eigenvalue weighted by Gasteiger charge is -2.26. The molecule has 25 heavy (non-hydrogen) atoms. The van der Waals surface area contributed by atoms with E-state index in [1.807, 2.05) is 17.0 Å². The van der Waals surface area contributed by atoms with Gasteiger partial charge in [0.15, 0.2) is 0 Å². The van der Waals surface area contributed by atoms with Crippen LogP contribution in [0, 0.1) is 0 Å². The predicted molar refractivity (Wildman–Crippen MR) is 103 cm³/mol. The number of likely N-dealkylation sites (N-methyl/N-ethyl adjacent to an activating group) is 1. The minimum absolute atomic E-state index is 0.194. The highest BCUT2D eigenvalue weighted by atomic mass is 16.2. The molecule has 1 aromatic carbocycles. The van der Waals surface area contributed by atoms with Gasteiger partial charge in [0.1, 0.15) is 0 Å². The van der Waals surface area contributed by atoms with E-state index in [0.717, 1.165) is 44.7 Å². The summed E-state index contributed by atoms with van der Waals surface area (Å²) in [4.78, 5) is 19.8. The average molecular weight is 344 g/mol. The lowest BCUT2D eigenvalue weighted by atomic mass is 10.1. The molecule has 0 N–H and O–H groups in total. The van der Waals surface area contributed by atoms with Crippen molar-refractivity contribution >= 4 is 5.91 Å². The molecule has 1 unspecified atom stereocenters. The summed E-state index contributed by atoms with van der Waals surface area (Å²) >= 11 is 0. The van der Waals surface area contributed by atoms with E-state index in [-0.39, 0.29) is 5.91 Å². The zero-order valence-electron chi connectivity index (χ0n) is 15.9. The minimum atomic E-state index is 0.194. The molecule has 138 valence electrons. The summed E-state index contributed by atoms with van der Waals surface area (Å²) in [6.45, 7) is 11.7. The van der Waals surface area contributed by atoms with Crippen LogP contribution in [0.25, 0.3) is 0 Å². The van der Waals surface area contributed by atoms with Gasteiger partial charge in [0, 0.05) is 31.2 Å². The fourth-order valence-corrected chi connectivity index (χ4v) is 4.28. The Bertz CT molecular complexity index is 547. The summed E-state index contributed by atoms with van der Waals surface area (Å²) in [5.74, 6) is 0.194. The lowest BCUT2D eigenvalue weighted by molar-refractivity contribution is 0.0778. The van der Waals surface area contributed by atoms with Gasteiger partial charge < -0.3 is 4.90 Å². The summed E-state index contributed by atoms with van der Waals surface area (Å²) < 4.78 is 0. The highest BCUT2D eigenvalue weighted by molar-refractivity contribution is 5.94. The first-order valence-electron chi connectivity index (χ1n) is 10.1. The fraction of sp³-hybridized carbons (Fsp3) is 0.667. The molecule has 2 aliphatic rings. The maximum absolute atomic E-state index is 12.8.